The van der Waals surface area contributed by atoms with Gasteiger partial charge < -0.3 is 15.0 Å². The highest BCUT2D eigenvalue weighted by atomic mass is 19.4. The molecule has 0 bridgehead atoms. The van der Waals surface area contributed by atoms with E-state index in [1.165, 1.54) is 42.5 Å². The van der Waals surface area contributed by atoms with Gasteiger partial charge in [0, 0.05) is 44.6 Å². The van der Waals surface area contributed by atoms with E-state index < -0.39 is 40.7 Å². The molecule has 0 aliphatic carbocycles. The number of hydrogen-bond donors (Lipinski definition) is 1. The van der Waals surface area contributed by atoms with Gasteiger partial charge in [-0.25, -0.2) is 8.78 Å². The van der Waals surface area contributed by atoms with Gasteiger partial charge in [0.2, 0.25) is 5.91 Å². The number of carbonyl (C=O) groups is 2. The smallest absolute Gasteiger partial charge is 0.356 e. The second kappa shape index (κ2) is 9.22. The van der Waals surface area contributed by atoms with Crippen molar-refractivity contribution in [3.8, 4) is 0 Å². The van der Waals surface area contributed by atoms with Crippen molar-refractivity contribution in [1.29, 1.82) is 0 Å². The molecule has 2 atom stereocenters. The molecule has 2 aliphatic heterocycles. The van der Waals surface area contributed by atoms with Crippen molar-refractivity contribution in [2.24, 2.45) is 5.41 Å². The minimum Gasteiger partial charge on any atom is -0.356 e. The number of amides is 2. The lowest BCUT2D eigenvalue weighted by atomic mass is 9.62. The van der Waals surface area contributed by atoms with Gasteiger partial charge in [0.15, 0.2) is 11.6 Å². The Kier molecular flexibility index (Phi) is 6.61. The highest BCUT2D eigenvalue weighted by Crippen LogP contribution is 2.51. The first-order chi connectivity index (χ1) is 16.6. The van der Waals surface area contributed by atoms with Gasteiger partial charge in [-0.1, -0.05) is 42.5 Å². The molecule has 0 radical (unpaired) electrons. The number of alkyl halides is 3. The van der Waals surface area contributed by atoms with Gasteiger partial charge in [0.1, 0.15) is 0 Å². The lowest BCUT2D eigenvalue weighted by Gasteiger charge is -2.50. The SMILES string of the molecule is CO[C@@](C(=O)N1CCC2(CC1)CC(=O)NCC2c1cccc(F)c1F)(c1ccccc1)C(F)(F)F. The van der Waals surface area contributed by atoms with Crippen molar-refractivity contribution in [3.05, 3.63) is 71.3 Å². The van der Waals surface area contributed by atoms with Crippen molar-refractivity contribution in [2.45, 2.75) is 37.0 Å². The van der Waals surface area contributed by atoms with Gasteiger partial charge in [-0.15, -0.1) is 0 Å². The molecule has 2 amide bonds. The predicted octanol–water partition coefficient (Wildman–Crippen LogP) is 4.28. The summed E-state index contributed by atoms with van der Waals surface area (Å²) in [5.41, 5.74) is -4.24. The average Bonchev–Trinajstić information content (AvgIpc) is 2.82. The van der Waals surface area contributed by atoms with Crippen LogP contribution in [0.25, 0.3) is 0 Å². The molecule has 2 aliphatic rings. The van der Waals surface area contributed by atoms with E-state index in [0.29, 0.717) is 0 Å². The van der Waals surface area contributed by atoms with Crippen LogP contribution in [-0.2, 0) is 19.9 Å². The molecule has 2 aromatic carbocycles. The van der Waals surface area contributed by atoms with Crippen LogP contribution in [0, 0.1) is 17.0 Å². The summed E-state index contributed by atoms with van der Waals surface area (Å²) < 4.78 is 76.5. The van der Waals surface area contributed by atoms with Crippen LogP contribution in [0.4, 0.5) is 22.0 Å². The molecule has 2 heterocycles. The van der Waals surface area contributed by atoms with Gasteiger partial charge in [-0.3, -0.25) is 9.59 Å². The zero-order chi connectivity index (χ0) is 25.4. The predicted molar refractivity (Wildman–Crippen MR) is 116 cm³/mol. The van der Waals surface area contributed by atoms with Gasteiger partial charge in [-0.05, 0) is 29.9 Å². The zero-order valence-electron chi connectivity index (χ0n) is 19.0. The number of nitrogens with zero attached hydrogens (tertiary/aromatic N) is 1. The lowest BCUT2D eigenvalue weighted by molar-refractivity contribution is -0.271. The summed E-state index contributed by atoms with van der Waals surface area (Å²) in [4.78, 5) is 26.7. The largest absolute Gasteiger partial charge is 0.430 e. The van der Waals surface area contributed by atoms with E-state index in [-0.39, 0.29) is 55.9 Å². The monoisotopic (exact) mass is 496 g/mol. The summed E-state index contributed by atoms with van der Waals surface area (Å²) in [5, 5.41) is 2.68. The summed E-state index contributed by atoms with van der Waals surface area (Å²) in [6.45, 7) is -0.108. The first-order valence-electron chi connectivity index (χ1n) is 11.2. The number of hydrogen-bond acceptors (Lipinski definition) is 3. The number of methoxy groups -OCH3 is 1. The normalized spacial score (nSPS) is 21.9. The highest BCUT2D eigenvalue weighted by molar-refractivity contribution is 5.88. The third-order valence-corrected chi connectivity index (χ3v) is 7.35. The number of nitrogens with one attached hydrogen (secondary N) is 1. The Bertz CT molecular complexity index is 1100. The summed E-state index contributed by atoms with van der Waals surface area (Å²) >= 11 is 0. The number of carbonyl (C=O) groups excluding carboxylic acids is 2. The minimum absolute atomic E-state index is 0.00300. The summed E-state index contributed by atoms with van der Waals surface area (Å²) in [5.74, 6) is -4.13. The standard InChI is InChI=1S/C25H25F5N2O3/c1-35-24(25(28,29)30,16-6-3-2-4-7-16)22(34)32-12-10-23(11-13-32)14-20(33)31-15-18(23)17-8-5-9-19(26)21(17)27/h2-9,18H,10-15H2,1H3,(H,31,33)/t18?,24-/m1/s1. The number of likely N-dealkylation sites (tertiary alicyclic amines) is 1. The molecule has 1 unspecified atom stereocenters. The molecule has 10 heteroatoms. The van der Waals surface area contributed by atoms with E-state index in [0.717, 1.165) is 18.1 Å². The number of rotatable bonds is 4. The third kappa shape index (κ3) is 4.17. The van der Waals surface area contributed by atoms with Crippen LogP contribution in [-0.4, -0.2) is 49.6 Å². The van der Waals surface area contributed by atoms with E-state index in [1.54, 1.807) is 0 Å². The summed E-state index contributed by atoms with van der Waals surface area (Å²) in [6.07, 6.45) is -4.73. The average molecular weight is 496 g/mol. The Morgan fingerprint density at radius 3 is 2.31 bits per heavy atom. The van der Waals surface area contributed by atoms with Crippen LogP contribution in [0.15, 0.2) is 48.5 Å². The van der Waals surface area contributed by atoms with E-state index in [4.69, 9.17) is 4.74 Å². The fraction of sp³-hybridized carbons (Fsp3) is 0.440. The number of halogens is 5. The van der Waals surface area contributed by atoms with Crippen molar-refractivity contribution < 1.29 is 36.3 Å². The van der Waals surface area contributed by atoms with Gasteiger partial charge in [0.05, 0.1) is 0 Å². The molecule has 0 saturated carbocycles. The molecule has 1 N–H and O–H groups in total. The molecular weight excluding hydrogens is 471 g/mol. The Balaban J connectivity index is 1.64. The third-order valence-electron chi connectivity index (χ3n) is 7.35. The first kappa shape index (κ1) is 25.1. The van der Waals surface area contributed by atoms with Crippen molar-refractivity contribution in [3.63, 3.8) is 0 Å². The molecule has 4 rings (SSSR count). The highest BCUT2D eigenvalue weighted by Gasteiger charge is 2.64. The second-order valence-corrected chi connectivity index (χ2v) is 9.08. The van der Waals surface area contributed by atoms with E-state index in [9.17, 15) is 31.5 Å². The summed E-state index contributed by atoms with van der Waals surface area (Å²) in [7, 11) is 0.845. The molecule has 188 valence electrons. The van der Waals surface area contributed by atoms with Gasteiger partial charge >= 0.3 is 6.18 Å². The Morgan fingerprint density at radius 2 is 1.71 bits per heavy atom. The van der Waals surface area contributed by atoms with Crippen molar-refractivity contribution in [2.75, 3.05) is 26.7 Å². The van der Waals surface area contributed by atoms with E-state index in [2.05, 4.69) is 5.32 Å². The molecule has 0 aromatic heterocycles. The van der Waals surface area contributed by atoms with Crippen molar-refractivity contribution in [1.82, 2.24) is 10.2 Å². The maximum atomic E-state index is 14.7. The number of benzene rings is 2. The van der Waals surface area contributed by atoms with E-state index >= 15 is 0 Å². The molecular formula is C25H25F5N2O3. The van der Waals surface area contributed by atoms with Gasteiger partial charge in [-0.2, -0.15) is 13.2 Å². The minimum atomic E-state index is -5.03. The lowest BCUT2D eigenvalue weighted by Crippen LogP contribution is -2.60. The topological polar surface area (TPSA) is 58.6 Å². The maximum absolute atomic E-state index is 14.7. The fourth-order valence-corrected chi connectivity index (χ4v) is 5.47. The number of piperidine rings is 2. The summed E-state index contributed by atoms with van der Waals surface area (Å²) in [6, 6.07) is 10.5. The molecule has 2 saturated heterocycles. The van der Waals surface area contributed by atoms with Crippen LogP contribution in [0.2, 0.25) is 0 Å². The Morgan fingerprint density at radius 1 is 1.06 bits per heavy atom. The molecule has 1 spiro atoms. The van der Waals surface area contributed by atoms with Crippen LogP contribution in [0.3, 0.4) is 0 Å². The molecule has 5 nitrogen and oxygen atoms in total. The van der Waals surface area contributed by atoms with Crippen LogP contribution in [0.5, 0.6) is 0 Å². The quantitative estimate of drug-likeness (QED) is 0.643. The zero-order valence-corrected chi connectivity index (χ0v) is 19.0. The van der Waals surface area contributed by atoms with Crippen LogP contribution >= 0.6 is 0 Å². The fourth-order valence-electron chi connectivity index (χ4n) is 5.47. The molecule has 2 aromatic rings. The Labute approximate surface area is 199 Å². The van der Waals surface area contributed by atoms with E-state index in [1.807, 2.05) is 0 Å². The molecule has 2 fully saturated rings. The Hall–Kier alpha value is -3.01. The first-order valence-corrected chi connectivity index (χ1v) is 11.2. The van der Waals surface area contributed by atoms with Gasteiger partial charge in [0.25, 0.3) is 11.5 Å². The van der Waals surface area contributed by atoms with Crippen LogP contribution in [0.1, 0.15) is 36.3 Å². The number of ether oxygens (including phenoxy) is 1. The second-order valence-electron chi connectivity index (χ2n) is 9.08. The van der Waals surface area contributed by atoms with Crippen LogP contribution < -0.4 is 5.32 Å². The van der Waals surface area contributed by atoms with Crippen molar-refractivity contribution >= 4 is 11.8 Å². The molecule has 35 heavy (non-hydrogen) atoms. The maximum Gasteiger partial charge on any atom is 0.430 e.